The minimum atomic E-state index is -0.556. The molecule has 3 aliphatic rings. The molecule has 1 aliphatic carbocycles. The Labute approximate surface area is 165 Å². The molecular weight excluding hydrogens is 336 g/mol. The fourth-order valence-electron chi connectivity index (χ4n) is 5.88. The Kier molecular flexibility index (Phi) is 6.20. The normalized spacial score (nSPS) is 39.5. The zero-order valence-electron chi connectivity index (χ0n) is 17.8. The summed E-state index contributed by atoms with van der Waals surface area (Å²) >= 11 is 0. The van der Waals surface area contributed by atoms with Crippen LogP contribution in [0.2, 0.25) is 0 Å². The van der Waals surface area contributed by atoms with Crippen LogP contribution in [0.4, 0.5) is 0 Å². The summed E-state index contributed by atoms with van der Waals surface area (Å²) < 4.78 is 12.9. The van der Waals surface area contributed by atoms with Crippen molar-refractivity contribution >= 4 is 5.97 Å². The van der Waals surface area contributed by atoms with Gasteiger partial charge in [0.1, 0.15) is 11.7 Å². The lowest BCUT2D eigenvalue weighted by molar-refractivity contribution is -0.181. The third-order valence-electron chi connectivity index (χ3n) is 7.20. The van der Waals surface area contributed by atoms with Crippen molar-refractivity contribution in [2.24, 2.45) is 23.7 Å². The van der Waals surface area contributed by atoms with Crippen molar-refractivity contribution in [3.8, 4) is 0 Å². The predicted molar refractivity (Wildman–Crippen MR) is 109 cm³/mol. The molecule has 0 aromatic rings. The highest BCUT2D eigenvalue weighted by molar-refractivity contribution is 5.69. The maximum absolute atomic E-state index is 12.5. The van der Waals surface area contributed by atoms with Crippen LogP contribution in [0.15, 0.2) is 24.3 Å². The highest BCUT2D eigenvalue weighted by Gasteiger charge is 2.58. The van der Waals surface area contributed by atoms with Gasteiger partial charge in [-0.2, -0.15) is 0 Å². The van der Waals surface area contributed by atoms with Gasteiger partial charge < -0.3 is 9.47 Å². The molecule has 0 amide bonds. The van der Waals surface area contributed by atoms with Gasteiger partial charge in [-0.3, -0.25) is 4.79 Å². The standard InChI is InChI=1S/C24H38O3/c1-7-9-20(25)27-24(6)13-8-10-16(4)14-19-21-17(5)11-12-18(15(2)3)22(21)23(24)26-19/h15,18-19,21-23H,4-5,7-14H2,1-3,6H3/t18-,19-,21-,22-,23-,24-/m1/s1. The van der Waals surface area contributed by atoms with Crippen LogP contribution in [-0.2, 0) is 14.3 Å². The molecule has 0 unspecified atom stereocenters. The molecule has 1 saturated carbocycles. The van der Waals surface area contributed by atoms with E-state index in [0.717, 1.165) is 38.5 Å². The van der Waals surface area contributed by atoms with E-state index in [-0.39, 0.29) is 18.2 Å². The summed E-state index contributed by atoms with van der Waals surface area (Å²) in [6, 6.07) is 0. The number of hydrogen-bond donors (Lipinski definition) is 0. The van der Waals surface area contributed by atoms with E-state index in [0.29, 0.717) is 30.1 Å². The van der Waals surface area contributed by atoms with Crippen molar-refractivity contribution in [1.29, 1.82) is 0 Å². The second-order valence-electron chi connectivity index (χ2n) is 9.65. The topological polar surface area (TPSA) is 35.5 Å². The van der Waals surface area contributed by atoms with Gasteiger partial charge in [-0.25, -0.2) is 0 Å². The number of hydrogen-bond acceptors (Lipinski definition) is 3. The van der Waals surface area contributed by atoms with Crippen LogP contribution in [0.1, 0.15) is 79.1 Å². The minimum Gasteiger partial charge on any atom is -0.457 e. The van der Waals surface area contributed by atoms with Gasteiger partial charge in [-0.1, -0.05) is 45.1 Å². The van der Waals surface area contributed by atoms with Crippen molar-refractivity contribution in [1.82, 2.24) is 0 Å². The maximum Gasteiger partial charge on any atom is 0.306 e. The molecule has 0 N–H and O–H groups in total. The molecule has 0 radical (unpaired) electrons. The van der Waals surface area contributed by atoms with Crippen molar-refractivity contribution in [3.05, 3.63) is 24.3 Å². The summed E-state index contributed by atoms with van der Waals surface area (Å²) in [5.74, 6) is 1.86. The van der Waals surface area contributed by atoms with Crippen molar-refractivity contribution in [3.63, 3.8) is 0 Å². The molecule has 2 aliphatic heterocycles. The summed E-state index contributed by atoms with van der Waals surface area (Å²) in [4.78, 5) is 12.5. The second-order valence-corrected chi connectivity index (χ2v) is 9.65. The number of esters is 1. The molecule has 2 bridgehead atoms. The molecule has 0 spiro atoms. The summed E-state index contributed by atoms with van der Waals surface area (Å²) in [5.41, 5.74) is 2.04. The lowest BCUT2D eigenvalue weighted by Gasteiger charge is -2.45. The quantitative estimate of drug-likeness (QED) is 0.458. The molecule has 3 heteroatoms. The summed E-state index contributed by atoms with van der Waals surface area (Å²) in [5, 5.41) is 0. The summed E-state index contributed by atoms with van der Waals surface area (Å²) in [6.45, 7) is 17.5. The summed E-state index contributed by atoms with van der Waals surface area (Å²) in [6.07, 6.45) is 7.42. The highest BCUT2D eigenvalue weighted by atomic mass is 16.6. The van der Waals surface area contributed by atoms with Gasteiger partial charge in [0.25, 0.3) is 0 Å². The van der Waals surface area contributed by atoms with Crippen LogP contribution < -0.4 is 0 Å². The number of carbonyl (C=O) groups is 1. The molecule has 6 atom stereocenters. The van der Waals surface area contributed by atoms with Crippen LogP contribution in [0.5, 0.6) is 0 Å². The predicted octanol–water partition coefficient (Wildman–Crippen LogP) is 5.84. The monoisotopic (exact) mass is 374 g/mol. The number of rotatable bonds is 4. The zero-order chi connectivity index (χ0) is 19.8. The average molecular weight is 375 g/mol. The van der Waals surface area contributed by atoms with Crippen LogP contribution in [-0.4, -0.2) is 23.8 Å². The third kappa shape index (κ3) is 4.04. The van der Waals surface area contributed by atoms with E-state index in [1.807, 2.05) is 6.92 Å². The first-order valence-corrected chi connectivity index (χ1v) is 11.0. The van der Waals surface area contributed by atoms with Gasteiger partial charge in [-0.15, -0.1) is 0 Å². The Hall–Kier alpha value is -1.09. The van der Waals surface area contributed by atoms with Gasteiger partial charge in [0, 0.05) is 18.3 Å². The lowest BCUT2D eigenvalue weighted by Crippen LogP contribution is -2.50. The van der Waals surface area contributed by atoms with Gasteiger partial charge in [0.05, 0.1) is 6.10 Å². The van der Waals surface area contributed by atoms with Gasteiger partial charge in [0.15, 0.2) is 0 Å². The Morgan fingerprint density at radius 1 is 1.33 bits per heavy atom. The Bertz CT molecular complexity index is 592. The van der Waals surface area contributed by atoms with Gasteiger partial charge in [-0.05, 0) is 63.7 Å². The molecule has 0 aromatic heterocycles. The van der Waals surface area contributed by atoms with E-state index >= 15 is 0 Å². The minimum absolute atomic E-state index is 0.0383. The number of fused-ring (bicyclic) bond motifs is 5. The molecule has 2 heterocycles. The molecular formula is C24H38O3. The van der Waals surface area contributed by atoms with Crippen molar-refractivity contribution < 1.29 is 14.3 Å². The zero-order valence-corrected chi connectivity index (χ0v) is 17.8. The molecule has 27 heavy (non-hydrogen) atoms. The van der Waals surface area contributed by atoms with Crippen LogP contribution in [0, 0.1) is 23.7 Å². The van der Waals surface area contributed by atoms with Crippen molar-refractivity contribution in [2.75, 3.05) is 0 Å². The fourth-order valence-corrected chi connectivity index (χ4v) is 5.88. The van der Waals surface area contributed by atoms with E-state index in [1.54, 1.807) is 0 Å². The van der Waals surface area contributed by atoms with Gasteiger partial charge in [0.2, 0.25) is 0 Å². The maximum atomic E-state index is 12.5. The lowest BCUT2D eigenvalue weighted by atomic mass is 9.61. The second kappa shape index (κ2) is 8.11. The Balaban J connectivity index is 1.99. The number of carbonyl (C=O) groups excluding carboxylic acids is 1. The van der Waals surface area contributed by atoms with Crippen LogP contribution in [0.3, 0.4) is 0 Å². The smallest absolute Gasteiger partial charge is 0.306 e. The first-order valence-electron chi connectivity index (χ1n) is 11.0. The molecule has 3 fully saturated rings. The van der Waals surface area contributed by atoms with E-state index in [2.05, 4.69) is 33.9 Å². The molecule has 2 saturated heterocycles. The van der Waals surface area contributed by atoms with Crippen LogP contribution in [0.25, 0.3) is 0 Å². The van der Waals surface area contributed by atoms with E-state index in [1.165, 1.54) is 17.6 Å². The molecule has 152 valence electrons. The Morgan fingerprint density at radius 2 is 2.07 bits per heavy atom. The fraction of sp³-hybridized carbons (Fsp3) is 0.792. The summed E-state index contributed by atoms with van der Waals surface area (Å²) in [7, 11) is 0. The average Bonchev–Trinajstić information content (AvgIpc) is 2.97. The molecule has 3 rings (SSSR count). The van der Waals surface area contributed by atoms with E-state index < -0.39 is 5.60 Å². The molecule has 0 aromatic carbocycles. The first-order chi connectivity index (χ1) is 12.8. The Morgan fingerprint density at radius 3 is 2.74 bits per heavy atom. The molecule has 3 nitrogen and oxygen atoms in total. The van der Waals surface area contributed by atoms with E-state index in [9.17, 15) is 4.79 Å². The third-order valence-corrected chi connectivity index (χ3v) is 7.20. The largest absolute Gasteiger partial charge is 0.457 e. The van der Waals surface area contributed by atoms with Crippen molar-refractivity contribution in [2.45, 2.75) is 96.9 Å². The number of ether oxygens (including phenoxy) is 2. The van der Waals surface area contributed by atoms with E-state index in [4.69, 9.17) is 9.47 Å². The van der Waals surface area contributed by atoms with Crippen LogP contribution >= 0.6 is 0 Å². The highest BCUT2D eigenvalue weighted by Crippen LogP contribution is 2.55. The first kappa shape index (κ1) is 20.6. The van der Waals surface area contributed by atoms with Gasteiger partial charge >= 0.3 is 5.97 Å². The SMILES string of the molecule is C=C1CCC[C@@](C)(OC(=O)CCC)[C@@H]2O[C@H](C1)[C@H]1C(=C)CC[C@H](C(C)C)[C@H]12.